The Morgan fingerprint density at radius 2 is 2.26 bits per heavy atom. The lowest BCUT2D eigenvalue weighted by atomic mass is 10.1. The molecule has 2 heterocycles. The molecule has 0 fully saturated rings. The van der Waals surface area contributed by atoms with Crippen LogP contribution in [0.15, 0.2) is 4.99 Å². The molecule has 2 rings (SSSR count). The third-order valence-electron chi connectivity index (χ3n) is 3.44. The number of fused-ring (bicyclic) bond motifs is 1. The number of hydrogen-bond acceptors (Lipinski definition) is 4. The van der Waals surface area contributed by atoms with E-state index in [0.29, 0.717) is 24.9 Å². The first kappa shape index (κ1) is 17.5. The van der Waals surface area contributed by atoms with E-state index >= 15 is 0 Å². The van der Waals surface area contributed by atoms with Crippen LogP contribution in [-0.2, 0) is 24.3 Å². The van der Waals surface area contributed by atoms with Crippen LogP contribution in [0.3, 0.4) is 0 Å². The summed E-state index contributed by atoms with van der Waals surface area (Å²) in [5, 5.41) is 10.2. The van der Waals surface area contributed by atoms with Crippen LogP contribution in [0, 0.1) is 0 Å². The zero-order valence-electron chi connectivity index (χ0n) is 13.2. The summed E-state index contributed by atoms with van der Waals surface area (Å²) in [5.74, 6) is 1.89. The van der Waals surface area contributed by atoms with Gasteiger partial charge in [0, 0.05) is 33.2 Å². The van der Waals surface area contributed by atoms with Gasteiger partial charge in [-0.15, -0.1) is 0 Å². The Labute approximate surface area is 132 Å². The second kappa shape index (κ2) is 7.62. The summed E-state index contributed by atoms with van der Waals surface area (Å²) in [6.45, 7) is 0.743. The number of halogens is 3. The van der Waals surface area contributed by atoms with Gasteiger partial charge in [0.25, 0.3) is 0 Å². The van der Waals surface area contributed by atoms with Gasteiger partial charge in [0.05, 0.1) is 13.0 Å². The molecule has 0 radical (unpaired) electrons. The van der Waals surface area contributed by atoms with E-state index in [-0.39, 0.29) is 12.6 Å². The lowest BCUT2D eigenvalue weighted by Crippen LogP contribution is -2.47. The van der Waals surface area contributed by atoms with Gasteiger partial charge in [-0.2, -0.15) is 18.3 Å². The highest BCUT2D eigenvalue weighted by Crippen LogP contribution is 2.18. The van der Waals surface area contributed by atoms with Crippen LogP contribution in [0.25, 0.3) is 0 Å². The molecule has 0 bridgehead atoms. The molecule has 2 N–H and O–H groups in total. The molecule has 7 nitrogen and oxygen atoms in total. The van der Waals surface area contributed by atoms with Crippen LogP contribution in [0.5, 0.6) is 0 Å². The van der Waals surface area contributed by atoms with Gasteiger partial charge in [-0.3, -0.25) is 4.99 Å². The minimum absolute atomic E-state index is 0.0386. The van der Waals surface area contributed by atoms with Crippen molar-refractivity contribution in [2.75, 3.05) is 20.7 Å². The zero-order valence-corrected chi connectivity index (χ0v) is 13.2. The van der Waals surface area contributed by atoms with Gasteiger partial charge < -0.3 is 15.4 Å². The third kappa shape index (κ3) is 5.38. The maximum Gasteiger partial charge on any atom is 0.390 e. The quantitative estimate of drug-likeness (QED) is 0.617. The van der Waals surface area contributed by atoms with Crippen LogP contribution in [0.2, 0.25) is 0 Å². The number of nitrogens with one attached hydrogen (secondary N) is 2. The minimum atomic E-state index is -4.18. The highest BCUT2D eigenvalue weighted by Gasteiger charge is 2.27. The monoisotopic (exact) mass is 334 g/mol. The largest absolute Gasteiger partial charge is 0.390 e. The van der Waals surface area contributed by atoms with Gasteiger partial charge in [-0.1, -0.05) is 0 Å². The standard InChI is InChI=1S/C13H21F3N6O/c1-17-12(18-6-5-13(14,15)16)19-9-3-4-11-20-10(8-23-2)21-22(11)7-9/h9H,3-8H2,1-2H3,(H2,17,18,19). The number of aromatic nitrogens is 3. The molecule has 1 aliphatic heterocycles. The van der Waals surface area contributed by atoms with Crippen molar-refractivity contribution in [1.82, 2.24) is 25.4 Å². The first-order valence-electron chi connectivity index (χ1n) is 7.36. The van der Waals surface area contributed by atoms with Gasteiger partial charge in [-0.05, 0) is 6.42 Å². The van der Waals surface area contributed by atoms with E-state index in [2.05, 4.69) is 25.7 Å². The number of aliphatic imine (C=N–C) groups is 1. The first-order chi connectivity index (χ1) is 10.9. The van der Waals surface area contributed by atoms with Crippen molar-refractivity contribution in [1.29, 1.82) is 0 Å². The summed E-state index contributed by atoms with van der Waals surface area (Å²) in [6, 6.07) is 0.0386. The lowest BCUT2D eigenvalue weighted by molar-refractivity contribution is -0.132. The van der Waals surface area contributed by atoms with Crippen molar-refractivity contribution in [2.24, 2.45) is 4.99 Å². The van der Waals surface area contributed by atoms with E-state index in [4.69, 9.17) is 4.74 Å². The molecular weight excluding hydrogens is 313 g/mol. The normalized spacial score (nSPS) is 18.7. The van der Waals surface area contributed by atoms with Gasteiger partial charge >= 0.3 is 6.18 Å². The molecule has 0 saturated heterocycles. The number of guanidine groups is 1. The molecule has 1 aliphatic rings. The molecule has 0 amide bonds. The van der Waals surface area contributed by atoms with E-state index in [9.17, 15) is 13.2 Å². The molecule has 0 aliphatic carbocycles. The van der Waals surface area contributed by atoms with Crippen LogP contribution >= 0.6 is 0 Å². The third-order valence-corrected chi connectivity index (χ3v) is 3.44. The van der Waals surface area contributed by atoms with Crippen LogP contribution < -0.4 is 10.6 Å². The highest BCUT2D eigenvalue weighted by atomic mass is 19.4. The fraction of sp³-hybridized carbons (Fsp3) is 0.769. The Morgan fingerprint density at radius 1 is 1.48 bits per heavy atom. The van der Waals surface area contributed by atoms with Crippen LogP contribution in [0.4, 0.5) is 13.2 Å². The Morgan fingerprint density at radius 3 is 2.91 bits per heavy atom. The van der Waals surface area contributed by atoms with Gasteiger partial charge in [-0.25, -0.2) is 9.67 Å². The molecule has 130 valence electrons. The molecule has 0 aromatic carbocycles. The molecule has 23 heavy (non-hydrogen) atoms. The molecule has 1 aromatic rings. The summed E-state index contributed by atoms with van der Waals surface area (Å²) in [7, 11) is 3.12. The topological polar surface area (TPSA) is 76.4 Å². The van der Waals surface area contributed by atoms with E-state index in [0.717, 1.165) is 18.7 Å². The summed E-state index contributed by atoms with van der Waals surface area (Å²) < 4.78 is 43.3. The summed E-state index contributed by atoms with van der Waals surface area (Å²) in [6.07, 6.45) is -3.52. The number of alkyl halides is 3. The second-order valence-electron chi connectivity index (χ2n) is 5.30. The molecule has 0 saturated carbocycles. The number of methoxy groups -OCH3 is 1. The van der Waals surface area contributed by atoms with E-state index in [1.165, 1.54) is 7.05 Å². The number of rotatable bonds is 5. The smallest absolute Gasteiger partial charge is 0.377 e. The van der Waals surface area contributed by atoms with E-state index in [1.807, 2.05) is 0 Å². The predicted octanol–water partition coefficient (Wildman–Crippen LogP) is 0.857. The number of aryl methyl sites for hydroxylation is 1. The first-order valence-corrected chi connectivity index (χ1v) is 7.36. The Balaban J connectivity index is 1.85. The maximum absolute atomic E-state index is 12.2. The van der Waals surface area contributed by atoms with Gasteiger partial charge in [0.2, 0.25) is 0 Å². The molecule has 0 spiro atoms. The van der Waals surface area contributed by atoms with E-state index < -0.39 is 12.6 Å². The molecular formula is C13H21F3N6O. The molecule has 1 atom stereocenters. The van der Waals surface area contributed by atoms with Crippen molar-refractivity contribution in [3.63, 3.8) is 0 Å². The van der Waals surface area contributed by atoms with Gasteiger partial charge in [0.1, 0.15) is 12.4 Å². The van der Waals surface area contributed by atoms with E-state index in [1.54, 1.807) is 11.8 Å². The average molecular weight is 334 g/mol. The predicted molar refractivity (Wildman–Crippen MR) is 78.0 cm³/mol. The SMILES string of the molecule is CN=C(NCCC(F)(F)F)NC1CCc2nc(COC)nn2C1. The fourth-order valence-corrected chi connectivity index (χ4v) is 2.38. The molecule has 1 aromatic heterocycles. The number of nitrogens with zero attached hydrogens (tertiary/aromatic N) is 4. The highest BCUT2D eigenvalue weighted by molar-refractivity contribution is 5.79. The zero-order chi connectivity index (χ0) is 16.9. The van der Waals surface area contributed by atoms with Crippen molar-refractivity contribution in [2.45, 2.75) is 44.6 Å². The Kier molecular flexibility index (Phi) is 5.80. The summed E-state index contributed by atoms with van der Waals surface area (Å²) >= 11 is 0. The summed E-state index contributed by atoms with van der Waals surface area (Å²) in [4.78, 5) is 8.33. The molecule has 10 heteroatoms. The van der Waals surface area contributed by atoms with Crippen molar-refractivity contribution in [3.8, 4) is 0 Å². The Bertz CT molecular complexity index is 542. The van der Waals surface area contributed by atoms with Crippen molar-refractivity contribution in [3.05, 3.63) is 11.6 Å². The van der Waals surface area contributed by atoms with Crippen LogP contribution in [-0.4, -0.2) is 53.6 Å². The number of ether oxygens (including phenoxy) is 1. The van der Waals surface area contributed by atoms with Crippen LogP contribution in [0.1, 0.15) is 24.5 Å². The second-order valence-corrected chi connectivity index (χ2v) is 5.30. The summed E-state index contributed by atoms with van der Waals surface area (Å²) in [5.41, 5.74) is 0. The number of hydrogen-bond donors (Lipinski definition) is 2. The minimum Gasteiger partial charge on any atom is -0.377 e. The maximum atomic E-state index is 12.2. The fourth-order valence-electron chi connectivity index (χ4n) is 2.38. The average Bonchev–Trinajstić information content (AvgIpc) is 2.87. The van der Waals surface area contributed by atoms with Gasteiger partial charge in [0.15, 0.2) is 11.8 Å². The molecule has 1 unspecified atom stereocenters. The van der Waals surface area contributed by atoms with Crippen molar-refractivity contribution < 1.29 is 17.9 Å². The van der Waals surface area contributed by atoms with Crippen molar-refractivity contribution >= 4 is 5.96 Å². The lowest BCUT2D eigenvalue weighted by Gasteiger charge is -2.25. The Hall–Kier alpha value is -1.84.